The maximum absolute atomic E-state index is 12.6. The summed E-state index contributed by atoms with van der Waals surface area (Å²) in [6.07, 6.45) is 0. The molecule has 0 amide bonds. The monoisotopic (exact) mass is 260 g/mol. The Bertz CT molecular complexity index is 523. The summed E-state index contributed by atoms with van der Waals surface area (Å²) in [6, 6.07) is 7.30. The minimum absolute atomic E-state index is 0.136. The van der Waals surface area contributed by atoms with Gasteiger partial charge in [0.2, 0.25) is 0 Å². The van der Waals surface area contributed by atoms with E-state index in [1.807, 2.05) is 19.1 Å². The highest BCUT2D eigenvalue weighted by Crippen LogP contribution is 2.40. The van der Waals surface area contributed by atoms with Crippen LogP contribution in [0.25, 0.3) is 0 Å². The second kappa shape index (κ2) is 4.27. The van der Waals surface area contributed by atoms with Crippen LogP contribution in [0.3, 0.4) is 0 Å². The molecule has 3 nitrogen and oxygen atoms in total. The zero-order chi connectivity index (χ0) is 14.4. The number of hydrogen-bond donors (Lipinski definition) is 0. The van der Waals surface area contributed by atoms with Crippen molar-refractivity contribution in [2.75, 3.05) is 0 Å². The number of carbonyl (C=O) groups is 2. The van der Waals surface area contributed by atoms with Gasteiger partial charge in [-0.25, -0.2) is 0 Å². The highest BCUT2D eigenvalue weighted by atomic mass is 16.5. The average molecular weight is 260 g/mol. The largest absolute Gasteiger partial charge is 0.361 e. The van der Waals surface area contributed by atoms with Crippen molar-refractivity contribution in [3.63, 3.8) is 0 Å². The van der Waals surface area contributed by atoms with Crippen molar-refractivity contribution in [2.45, 2.75) is 45.8 Å². The number of rotatable bonds is 2. The smallest absolute Gasteiger partial charge is 0.177 e. The maximum atomic E-state index is 12.6. The number of benzene rings is 1. The number of hydrogen-bond acceptors (Lipinski definition) is 3. The Labute approximate surface area is 114 Å². The summed E-state index contributed by atoms with van der Waals surface area (Å²) in [7, 11) is 0. The molecule has 3 heteroatoms. The van der Waals surface area contributed by atoms with Gasteiger partial charge in [-0.05, 0) is 34.6 Å². The van der Waals surface area contributed by atoms with E-state index in [-0.39, 0.29) is 11.6 Å². The summed E-state index contributed by atoms with van der Waals surface area (Å²) in [5.41, 5.74) is 0.000307. The fourth-order valence-corrected chi connectivity index (χ4v) is 2.75. The zero-order valence-corrected chi connectivity index (χ0v) is 12.1. The fourth-order valence-electron chi connectivity index (χ4n) is 2.75. The Morgan fingerprint density at radius 3 is 2.05 bits per heavy atom. The van der Waals surface area contributed by atoms with Crippen LogP contribution in [0.5, 0.6) is 0 Å². The second-order valence-electron chi connectivity index (χ2n) is 6.24. The Morgan fingerprint density at radius 1 is 1.11 bits per heavy atom. The van der Waals surface area contributed by atoms with E-state index in [1.165, 1.54) is 0 Å². The zero-order valence-electron chi connectivity index (χ0n) is 12.1. The van der Waals surface area contributed by atoms with E-state index >= 15 is 0 Å². The molecule has 0 N–H and O–H groups in total. The number of carbonyl (C=O) groups excluding carboxylic acids is 2. The lowest BCUT2D eigenvalue weighted by Crippen LogP contribution is -2.37. The molecule has 1 aliphatic rings. The van der Waals surface area contributed by atoms with Crippen molar-refractivity contribution in [1.82, 2.24) is 0 Å². The lowest BCUT2D eigenvalue weighted by Gasteiger charge is -2.24. The number of ketones is 2. The van der Waals surface area contributed by atoms with Crippen molar-refractivity contribution in [3.05, 3.63) is 35.4 Å². The van der Waals surface area contributed by atoms with Gasteiger partial charge in [-0.15, -0.1) is 0 Å². The first kappa shape index (κ1) is 13.9. The van der Waals surface area contributed by atoms with Crippen molar-refractivity contribution < 1.29 is 14.3 Å². The third kappa shape index (κ3) is 2.35. The molecule has 1 heterocycles. The van der Waals surface area contributed by atoms with Gasteiger partial charge in [0.15, 0.2) is 11.6 Å². The molecule has 1 fully saturated rings. The first-order valence-electron chi connectivity index (χ1n) is 6.50. The summed E-state index contributed by atoms with van der Waals surface area (Å²) < 4.78 is 5.76. The van der Waals surface area contributed by atoms with Crippen LogP contribution in [0.4, 0.5) is 0 Å². The van der Waals surface area contributed by atoms with Crippen LogP contribution in [0.2, 0.25) is 0 Å². The van der Waals surface area contributed by atoms with Crippen LogP contribution in [-0.4, -0.2) is 22.8 Å². The third-order valence-electron chi connectivity index (χ3n) is 3.67. The van der Waals surface area contributed by atoms with Crippen LogP contribution in [-0.2, 0) is 9.53 Å². The second-order valence-corrected chi connectivity index (χ2v) is 6.24. The van der Waals surface area contributed by atoms with Crippen molar-refractivity contribution in [1.29, 1.82) is 0 Å². The average Bonchev–Trinajstić information content (AvgIpc) is 2.43. The molecule has 0 aliphatic carbocycles. The quantitative estimate of drug-likeness (QED) is 0.606. The topological polar surface area (TPSA) is 43.4 Å². The van der Waals surface area contributed by atoms with Crippen molar-refractivity contribution >= 4 is 11.6 Å². The van der Waals surface area contributed by atoms with Crippen LogP contribution < -0.4 is 0 Å². The van der Waals surface area contributed by atoms with E-state index in [2.05, 4.69) is 0 Å². The Kier molecular flexibility index (Phi) is 3.13. The molecule has 102 valence electrons. The van der Waals surface area contributed by atoms with Gasteiger partial charge in [-0.2, -0.15) is 0 Å². The molecule has 0 bridgehead atoms. The predicted octanol–water partition coefficient (Wildman–Crippen LogP) is 2.95. The molecule has 2 rings (SSSR count). The Balaban J connectivity index is 2.38. The van der Waals surface area contributed by atoms with Crippen LogP contribution in [0.15, 0.2) is 24.3 Å². The summed E-state index contributed by atoms with van der Waals surface area (Å²) in [4.78, 5) is 24.9. The molecule has 0 radical (unpaired) electrons. The molecule has 1 aliphatic heterocycles. The third-order valence-corrected chi connectivity index (χ3v) is 3.67. The van der Waals surface area contributed by atoms with Crippen LogP contribution in [0, 0.1) is 12.8 Å². The van der Waals surface area contributed by atoms with Crippen molar-refractivity contribution in [2.24, 2.45) is 5.92 Å². The number of Topliss-reactive ketones (excluding diaryl/α,β-unsaturated/α-hetero) is 2. The fraction of sp³-hybridized carbons (Fsp3) is 0.500. The van der Waals surface area contributed by atoms with Crippen molar-refractivity contribution in [3.8, 4) is 0 Å². The first-order chi connectivity index (χ1) is 8.65. The molecule has 1 aromatic carbocycles. The summed E-state index contributed by atoms with van der Waals surface area (Å²) in [5.74, 6) is -1.02. The van der Waals surface area contributed by atoms with Gasteiger partial charge >= 0.3 is 0 Å². The lowest BCUT2D eigenvalue weighted by molar-refractivity contribution is -0.132. The minimum Gasteiger partial charge on any atom is -0.361 e. The lowest BCUT2D eigenvalue weighted by atomic mass is 9.80. The first-order valence-corrected chi connectivity index (χ1v) is 6.50. The van der Waals surface area contributed by atoms with Gasteiger partial charge in [-0.3, -0.25) is 9.59 Å². The van der Waals surface area contributed by atoms with Gasteiger partial charge in [-0.1, -0.05) is 29.8 Å². The summed E-state index contributed by atoms with van der Waals surface area (Å²) >= 11 is 0. The standard InChI is InChI=1S/C16H20O3/c1-10-6-8-11(9-7-10)13(17)12-14(18)16(4,5)19-15(12,2)3/h6-9,12H,1-5H3. The highest BCUT2D eigenvalue weighted by molar-refractivity contribution is 6.14. The van der Waals surface area contributed by atoms with Crippen LogP contribution >= 0.6 is 0 Å². The minimum atomic E-state index is -0.894. The molecular weight excluding hydrogens is 240 g/mol. The maximum Gasteiger partial charge on any atom is 0.177 e. The Morgan fingerprint density at radius 2 is 1.63 bits per heavy atom. The van der Waals surface area contributed by atoms with E-state index < -0.39 is 17.1 Å². The number of aryl methyl sites for hydroxylation is 1. The van der Waals surface area contributed by atoms with E-state index in [0.29, 0.717) is 5.56 Å². The molecule has 1 saturated heterocycles. The molecule has 1 unspecified atom stereocenters. The predicted molar refractivity (Wildman–Crippen MR) is 73.2 cm³/mol. The van der Waals surface area contributed by atoms with E-state index in [9.17, 15) is 9.59 Å². The van der Waals surface area contributed by atoms with E-state index in [4.69, 9.17) is 4.74 Å². The molecule has 19 heavy (non-hydrogen) atoms. The van der Waals surface area contributed by atoms with E-state index in [1.54, 1.807) is 39.8 Å². The van der Waals surface area contributed by atoms with Gasteiger partial charge in [0.25, 0.3) is 0 Å². The van der Waals surface area contributed by atoms with Gasteiger partial charge in [0.05, 0.1) is 5.60 Å². The van der Waals surface area contributed by atoms with Gasteiger partial charge in [0, 0.05) is 5.56 Å². The van der Waals surface area contributed by atoms with Gasteiger partial charge < -0.3 is 4.74 Å². The molecule has 1 atom stereocenters. The summed E-state index contributed by atoms with van der Waals surface area (Å²) in [5, 5.41) is 0. The SMILES string of the molecule is Cc1ccc(C(=O)C2C(=O)C(C)(C)OC2(C)C)cc1. The van der Waals surface area contributed by atoms with Gasteiger partial charge in [0.1, 0.15) is 11.5 Å². The van der Waals surface area contributed by atoms with E-state index in [0.717, 1.165) is 5.56 Å². The normalized spacial score (nSPS) is 24.5. The number of ether oxygens (including phenoxy) is 1. The molecule has 1 aromatic rings. The molecule has 0 aromatic heterocycles. The molecular formula is C16H20O3. The molecule has 0 saturated carbocycles. The highest BCUT2D eigenvalue weighted by Gasteiger charge is 2.56. The summed E-state index contributed by atoms with van der Waals surface area (Å²) in [6.45, 7) is 9.01. The Hall–Kier alpha value is -1.48. The van der Waals surface area contributed by atoms with Crippen LogP contribution in [0.1, 0.15) is 43.6 Å². The molecule has 0 spiro atoms.